The molecule has 1 aliphatic rings. The predicted octanol–water partition coefficient (Wildman–Crippen LogP) is 0.514. The second-order valence-corrected chi connectivity index (χ2v) is 5.93. The van der Waals surface area contributed by atoms with Gasteiger partial charge in [-0.3, -0.25) is 19.3 Å². The minimum Gasteiger partial charge on any atom is -0.375 e. The number of carbonyl (C=O) groups is 2. The first-order valence-electron chi connectivity index (χ1n) is 8.13. The summed E-state index contributed by atoms with van der Waals surface area (Å²) in [5, 5.41) is 7.17. The number of pyridine rings is 1. The summed E-state index contributed by atoms with van der Waals surface area (Å²) in [6.07, 6.45) is 3.63. The minimum absolute atomic E-state index is 0.0345. The van der Waals surface area contributed by atoms with Crippen LogP contribution in [0.2, 0.25) is 0 Å². The molecule has 3 heterocycles. The standard InChI is InChI=1S/C17H21N5O3/c1-25-12-17(24)21-10-14-5-7-20-22(14)15(11-21)8-16(23)19-9-13-4-2-3-6-18-13/h2-7,15H,8-12H2,1H3,(H,19,23). The predicted molar refractivity (Wildman–Crippen MR) is 89.3 cm³/mol. The molecule has 8 heteroatoms. The van der Waals surface area contributed by atoms with Crippen molar-refractivity contribution in [1.82, 2.24) is 25.0 Å². The van der Waals surface area contributed by atoms with E-state index in [1.807, 2.05) is 28.9 Å². The third-order valence-electron chi connectivity index (χ3n) is 4.12. The largest absolute Gasteiger partial charge is 0.375 e. The van der Waals surface area contributed by atoms with E-state index >= 15 is 0 Å². The smallest absolute Gasteiger partial charge is 0.248 e. The molecule has 1 unspecified atom stereocenters. The Hall–Kier alpha value is -2.74. The summed E-state index contributed by atoms with van der Waals surface area (Å²) in [7, 11) is 1.49. The average molecular weight is 343 g/mol. The summed E-state index contributed by atoms with van der Waals surface area (Å²) < 4.78 is 6.76. The Labute approximate surface area is 145 Å². The molecule has 8 nitrogen and oxygen atoms in total. The maximum atomic E-state index is 12.3. The lowest BCUT2D eigenvalue weighted by Gasteiger charge is -2.33. The normalized spacial score (nSPS) is 16.4. The monoisotopic (exact) mass is 343 g/mol. The maximum Gasteiger partial charge on any atom is 0.248 e. The summed E-state index contributed by atoms with van der Waals surface area (Å²) in [6, 6.07) is 7.24. The molecular weight excluding hydrogens is 322 g/mol. The molecule has 0 saturated heterocycles. The third-order valence-corrected chi connectivity index (χ3v) is 4.12. The highest BCUT2D eigenvalue weighted by Gasteiger charge is 2.29. The van der Waals surface area contributed by atoms with Gasteiger partial charge in [0, 0.05) is 26.0 Å². The molecule has 132 valence electrons. The summed E-state index contributed by atoms with van der Waals surface area (Å²) in [4.78, 5) is 30.3. The Morgan fingerprint density at radius 2 is 2.20 bits per heavy atom. The highest BCUT2D eigenvalue weighted by atomic mass is 16.5. The zero-order valence-electron chi connectivity index (χ0n) is 14.1. The molecule has 0 fully saturated rings. The van der Waals surface area contributed by atoms with Crippen LogP contribution in [0.15, 0.2) is 36.7 Å². The molecule has 3 rings (SSSR count). The maximum absolute atomic E-state index is 12.3. The Kier molecular flexibility index (Phi) is 5.39. The average Bonchev–Trinajstić information content (AvgIpc) is 3.10. The number of fused-ring (bicyclic) bond motifs is 1. The molecule has 0 aliphatic carbocycles. The van der Waals surface area contributed by atoms with Gasteiger partial charge in [0.05, 0.1) is 36.9 Å². The van der Waals surface area contributed by atoms with E-state index in [4.69, 9.17) is 4.74 Å². The van der Waals surface area contributed by atoms with Crippen LogP contribution in [0.25, 0.3) is 0 Å². The van der Waals surface area contributed by atoms with E-state index in [2.05, 4.69) is 15.4 Å². The molecule has 0 bridgehead atoms. The SMILES string of the molecule is COCC(=O)N1Cc2ccnn2C(CC(=O)NCc2ccccn2)C1. The third kappa shape index (κ3) is 4.21. The van der Waals surface area contributed by atoms with Gasteiger partial charge in [-0.2, -0.15) is 5.10 Å². The number of nitrogens with one attached hydrogen (secondary N) is 1. The molecule has 2 aromatic heterocycles. The topological polar surface area (TPSA) is 89.4 Å². The second kappa shape index (κ2) is 7.89. The molecule has 0 aromatic carbocycles. The second-order valence-electron chi connectivity index (χ2n) is 5.93. The first kappa shape index (κ1) is 17.1. The van der Waals surface area contributed by atoms with Gasteiger partial charge in [-0.25, -0.2) is 0 Å². The van der Waals surface area contributed by atoms with Crippen LogP contribution in [0.1, 0.15) is 23.9 Å². The number of ether oxygens (including phenoxy) is 1. The summed E-state index contributed by atoms with van der Waals surface area (Å²) >= 11 is 0. The summed E-state index contributed by atoms with van der Waals surface area (Å²) in [5.74, 6) is -0.188. The minimum atomic E-state index is -0.191. The van der Waals surface area contributed by atoms with Crippen molar-refractivity contribution in [3.05, 3.63) is 48.0 Å². The Morgan fingerprint density at radius 3 is 2.96 bits per heavy atom. The number of hydrogen-bond acceptors (Lipinski definition) is 5. The van der Waals surface area contributed by atoms with Crippen LogP contribution in [-0.4, -0.2) is 51.7 Å². The van der Waals surface area contributed by atoms with Gasteiger partial charge in [0.1, 0.15) is 6.61 Å². The Morgan fingerprint density at radius 1 is 1.32 bits per heavy atom. The number of amides is 2. The molecule has 1 N–H and O–H groups in total. The van der Waals surface area contributed by atoms with Crippen molar-refractivity contribution in [2.24, 2.45) is 0 Å². The van der Waals surface area contributed by atoms with Crippen LogP contribution in [0.5, 0.6) is 0 Å². The molecule has 0 spiro atoms. The molecule has 2 aromatic rings. The molecule has 1 aliphatic heterocycles. The Bertz CT molecular complexity index is 731. The van der Waals surface area contributed by atoms with Crippen LogP contribution >= 0.6 is 0 Å². The van der Waals surface area contributed by atoms with Crippen LogP contribution in [0.3, 0.4) is 0 Å². The molecule has 25 heavy (non-hydrogen) atoms. The lowest BCUT2D eigenvalue weighted by molar-refractivity contribution is -0.138. The zero-order chi connectivity index (χ0) is 17.6. The lowest BCUT2D eigenvalue weighted by atomic mass is 10.1. The number of hydrogen-bond donors (Lipinski definition) is 1. The highest BCUT2D eigenvalue weighted by Crippen LogP contribution is 2.23. The molecule has 2 amide bonds. The lowest BCUT2D eigenvalue weighted by Crippen LogP contribution is -2.44. The molecule has 0 saturated carbocycles. The van der Waals surface area contributed by atoms with E-state index < -0.39 is 0 Å². The van der Waals surface area contributed by atoms with Gasteiger partial charge in [-0.15, -0.1) is 0 Å². The van der Waals surface area contributed by atoms with Crippen LogP contribution in [0, 0.1) is 0 Å². The van der Waals surface area contributed by atoms with Crippen LogP contribution in [-0.2, 0) is 27.4 Å². The summed E-state index contributed by atoms with van der Waals surface area (Å²) in [6.45, 7) is 1.33. The quantitative estimate of drug-likeness (QED) is 0.826. The first-order valence-corrected chi connectivity index (χ1v) is 8.13. The van der Waals surface area contributed by atoms with Gasteiger partial charge >= 0.3 is 0 Å². The van der Waals surface area contributed by atoms with Crippen molar-refractivity contribution >= 4 is 11.8 Å². The van der Waals surface area contributed by atoms with Crippen LogP contribution < -0.4 is 5.32 Å². The van der Waals surface area contributed by atoms with E-state index in [1.54, 1.807) is 17.3 Å². The van der Waals surface area contributed by atoms with E-state index in [9.17, 15) is 9.59 Å². The number of methoxy groups -OCH3 is 1. The van der Waals surface area contributed by atoms with E-state index in [0.29, 0.717) is 19.6 Å². The number of carbonyl (C=O) groups excluding carboxylic acids is 2. The van der Waals surface area contributed by atoms with Gasteiger partial charge in [-0.1, -0.05) is 6.07 Å². The fourth-order valence-electron chi connectivity index (χ4n) is 2.92. The molecule has 1 atom stereocenters. The van der Waals surface area contributed by atoms with E-state index in [-0.39, 0.29) is 30.9 Å². The Balaban J connectivity index is 1.62. The molecular formula is C17H21N5O3. The van der Waals surface area contributed by atoms with Crippen LogP contribution in [0.4, 0.5) is 0 Å². The fourth-order valence-corrected chi connectivity index (χ4v) is 2.92. The van der Waals surface area contributed by atoms with Crippen molar-refractivity contribution < 1.29 is 14.3 Å². The van der Waals surface area contributed by atoms with Gasteiger partial charge in [0.25, 0.3) is 0 Å². The van der Waals surface area contributed by atoms with Crippen molar-refractivity contribution in [2.75, 3.05) is 20.3 Å². The number of aromatic nitrogens is 3. The fraction of sp³-hybridized carbons (Fsp3) is 0.412. The zero-order valence-corrected chi connectivity index (χ0v) is 14.1. The first-order chi connectivity index (χ1) is 12.2. The van der Waals surface area contributed by atoms with Crippen molar-refractivity contribution in [3.8, 4) is 0 Å². The number of rotatable bonds is 6. The highest BCUT2D eigenvalue weighted by molar-refractivity contribution is 5.78. The van der Waals surface area contributed by atoms with E-state index in [1.165, 1.54) is 7.11 Å². The van der Waals surface area contributed by atoms with Gasteiger partial charge in [0.15, 0.2) is 0 Å². The van der Waals surface area contributed by atoms with Crippen molar-refractivity contribution in [1.29, 1.82) is 0 Å². The van der Waals surface area contributed by atoms with Gasteiger partial charge in [-0.05, 0) is 18.2 Å². The number of nitrogens with zero attached hydrogens (tertiary/aromatic N) is 4. The summed E-state index contributed by atoms with van der Waals surface area (Å²) in [5.41, 5.74) is 1.72. The van der Waals surface area contributed by atoms with Gasteiger partial charge in [0.2, 0.25) is 11.8 Å². The molecule has 0 radical (unpaired) electrons. The van der Waals surface area contributed by atoms with E-state index in [0.717, 1.165) is 11.4 Å². The van der Waals surface area contributed by atoms with Crippen molar-refractivity contribution in [3.63, 3.8) is 0 Å². The van der Waals surface area contributed by atoms with Gasteiger partial charge < -0.3 is 15.0 Å². The van der Waals surface area contributed by atoms with Crippen molar-refractivity contribution in [2.45, 2.75) is 25.6 Å².